The van der Waals surface area contributed by atoms with Crippen molar-refractivity contribution in [2.24, 2.45) is 5.92 Å². The number of likely N-dealkylation sites (tertiary alicyclic amines) is 1. The maximum absolute atomic E-state index is 11.9. The summed E-state index contributed by atoms with van der Waals surface area (Å²) in [7, 11) is 1.51. The average molecular weight is 257 g/mol. The van der Waals surface area contributed by atoms with E-state index in [0.717, 1.165) is 12.8 Å². The van der Waals surface area contributed by atoms with Gasteiger partial charge < -0.3 is 14.4 Å². The van der Waals surface area contributed by atoms with Gasteiger partial charge in [0.05, 0.1) is 0 Å². The van der Waals surface area contributed by atoms with Crippen LogP contribution in [0.25, 0.3) is 0 Å². The Balaban J connectivity index is 2.53. The number of carbonyl (C=O) groups excluding carboxylic acids is 2. The van der Waals surface area contributed by atoms with Crippen LogP contribution >= 0.6 is 0 Å². The molecule has 1 heterocycles. The molecule has 1 fully saturated rings. The van der Waals surface area contributed by atoms with E-state index in [1.165, 1.54) is 7.11 Å². The lowest BCUT2D eigenvalue weighted by Gasteiger charge is -2.33. The molecule has 0 aliphatic carbocycles. The van der Waals surface area contributed by atoms with Crippen LogP contribution in [0.2, 0.25) is 0 Å². The van der Waals surface area contributed by atoms with E-state index in [4.69, 9.17) is 9.47 Å². The summed E-state index contributed by atoms with van der Waals surface area (Å²) >= 11 is 0. The second kappa shape index (κ2) is 6.18. The highest BCUT2D eigenvalue weighted by Crippen LogP contribution is 2.20. The highest BCUT2D eigenvalue weighted by atomic mass is 16.6. The third-order valence-corrected chi connectivity index (χ3v) is 2.82. The molecule has 1 amide bonds. The molecule has 104 valence electrons. The van der Waals surface area contributed by atoms with Crippen LogP contribution in [-0.2, 0) is 14.3 Å². The lowest BCUT2D eigenvalue weighted by molar-refractivity contribution is -0.128. The Hall–Kier alpha value is -1.10. The van der Waals surface area contributed by atoms with Crippen molar-refractivity contribution in [1.29, 1.82) is 0 Å². The zero-order valence-corrected chi connectivity index (χ0v) is 11.7. The smallest absolute Gasteiger partial charge is 0.410 e. The fourth-order valence-corrected chi connectivity index (χ4v) is 1.99. The van der Waals surface area contributed by atoms with Crippen LogP contribution in [0.5, 0.6) is 0 Å². The fourth-order valence-electron chi connectivity index (χ4n) is 1.99. The van der Waals surface area contributed by atoms with Gasteiger partial charge in [-0.15, -0.1) is 0 Å². The predicted octanol–water partition coefficient (Wildman–Crippen LogP) is 1.85. The minimum atomic E-state index is -0.499. The minimum Gasteiger partial charge on any atom is -0.444 e. The van der Waals surface area contributed by atoms with Gasteiger partial charge in [0.15, 0.2) is 5.78 Å². The van der Waals surface area contributed by atoms with Gasteiger partial charge in [0.2, 0.25) is 0 Å². The van der Waals surface area contributed by atoms with E-state index in [0.29, 0.717) is 13.1 Å². The van der Waals surface area contributed by atoms with Gasteiger partial charge in [-0.05, 0) is 33.6 Å². The normalized spacial score (nSPS) is 20.7. The summed E-state index contributed by atoms with van der Waals surface area (Å²) in [5.41, 5.74) is -0.499. The first-order valence-corrected chi connectivity index (χ1v) is 6.33. The van der Waals surface area contributed by atoms with E-state index in [9.17, 15) is 9.59 Å². The Kier molecular flexibility index (Phi) is 5.14. The Morgan fingerprint density at radius 1 is 1.33 bits per heavy atom. The number of hydrogen-bond acceptors (Lipinski definition) is 4. The first kappa shape index (κ1) is 15.0. The zero-order chi connectivity index (χ0) is 13.8. The predicted molar refractivity (Wildman–Crippen MR) is 67.4 cm³/mol. The number of rotatable bonds is 3. The number of amides is 1. The Morgan fingerprint density at radius 2 is 2.00 bits per heavy atom. The standard InChI is InChI=1S/C13H23NO4/c1-13(2,3)18-12(16)14-7-5-6-10(8-14)11(15)9-17-4/h10H,5-9H2,1-4H3. The maximum Gasteiger partial charge on any atom is 0.410 e. The van der Waals surface area contributed by atoms with Gasteiger partial charge in [0, 0.05) is 26.1 Å². The van der Waals surface area contributed by atoms with Crippen molar-refractivity contribution in [1.82, 2.24) is 4.90 Å². The van der Waals surface area contributed by atoms with Crippen molar-refractivity contribution in [2.75, 3.05) is 26.8 Å². The van der Waals surface area contributed by atoms with Gasteiger partial charge in [-0.25, -0.2) is 4.79 Å². The fraction of sp³-hybridized carbons (Fsp3) is 0.846. The maximum atomic E-state index is 11.9. The van der Waals surface area contributed by atoms with E-state index < -0.39 is 5.60 Å². The molecule has 0 N–H and O–H groups in total. The molecule has 0 spiro atoms. The monoisotopic (exact) mass is 257 g/mol. The van der Waals surface area contributed by atoms with Gasteiger partial charge in [0.1, 0.15) is 12.2 Å². The summed E-state index contributed by atoms with van der Waals surface area (Å²) < 4.78 is 10.2. The summed E-state index contributed by atoms with van der Waals surface area (Å²) in [6, 6.07) is 0. The lowest BCUT2D eigenvalue weighted by atomic mass is 9.94. The molecule has 1 atom stereocenters. The van der Waals surface area contributed by atoms with Crippen molar-refractivity contribution in [3.8, 4) is 0 Å². The van der Waals surface area contributed by atoms with Crippen molar-refractivity contribution < 1.29 is 19.1 Å². The van der Waals surface area contributed by atoms with Crippen LogP contribution in [0.1, 0.15) is 33.6 Å². The summed E-state index contributed by atoms with van der Waals surface area (Å²) in [6.45, 7) is 6.73. The first-order chi connectivity index (χ1) is 8.33. The number of Topliss-reactive ketones (excluding diaryl/α,β-unsaturated/α-hetero) is 1. The SMILES string of the molecule is COCC(=O)C1CCCN(C(=O)OC(C)(C)C)C1. The highest BCUT2D eigenvalue weighted by molar-refractivity contribution is 5.83. The molecule has 0 radical (unpaired) electrons. The minimum absolute atomic E-state index is 0.0609. The van der Waals surface area contributed by atoms with Gasteiger partial charge in [-0.2, -0.15) is 0 Å². The van der Waals surface area contributed by atoms with Gasteiger partial charge in [0.25, 0.3) is 0 Å². The number of hydrogen-bond donors (Lipinski definition) is 0. The molecule has 0 aromatic carbocycles. The van der Waals surface area contributed by atoms with Gasteiger partial charge >= 0.3 is 6.09 Å². The van der Waals surface area contributed by atoms with Crippen LogP contribution < -0.4 is 0 Å². The molecule has 1 aliphatic rings. The number of methoxy groups -OCH3 is 1. The summed E-state index contributed by atoms with van der Waals surface area (Å²) in [6.07, 6.45) is 1.32. The van der Waals surface area contributed by atoms with Crippen LogP contribution in [-0.4, -0.2) is 49.2 Å². The van der Waals surface area contributed by atoms with E-state index in [1.54, 1.807) is 4.90 Å². The quantitative estimate of drug-likeness (QED) is 0.774. The molecule has 5 heteroatoms. The van der Waals surface area contributed by atoms with E-state index in [1.807, 2.05) is 20.8 Å². The number of carbonyl (C=O) groups is 2. The highest BCUT2D eigenvalue weighted by Gasteiger charge is 2.30. The van der Waals surface area contributed by atoms with E-state index >= 15 is 0 Å². The molecule has 0 bridgehead atoms. The average Bonchev–Trinajstić information content (AvgIpc) is 2.27. The zero-order valence-electron chi connectivity index (χ0n) is 11.7. The first-order valence-electron chi connectivity index (χ1n) is 6.33. The molecule has 0 aromatic rings. The van der Waals surface area contributed by atoms with Crippen molar-refractivity contribution >= 4 is 11.9 Å². The van der Waals surface area contributed by atoms with Crippen LogP contribution in [0.4, 0.5) is 4.79 Å². The molecule has 1 rings (SSSR count). The molecule has 1 unspecified atom stereocenters. The topological polar surface area (TPSA) is 55.8 Å². The molecule has 5 nitrogen and oxygen atoms in total. The van der Waals surface area contributed by atoms with Crippen LogP contribution in [0.15, 0.2) is 0 Å². The van der Waals surface area contributed by atoms with E-state index in [-0.39, 0.29) is 24.4 Å². The number of nitrogens with zero attached hydrogens (tertiary/aromatic N) is 1. The molecular weight excluding hydrogens is 234 g/mol. The molecular formula is C13H23NO4. The number of ketones is 1. The van der Waals surface area contributed by atoms with Crippen molar-refractivity contribution in [3.63, 3.8) is 0 Å². The summed E-state index contributed by atoms with van der Waals surface area (Å²) in [5, 5.41) is 0. The van der Waals surface area contributed by atoms with Gasteiger partial charge in [-0.3, -0.25) is 4.79 Å². The van der Waals surface area contributed by atoms with Crippen molar-refractivity contribution in [3.05, 3.63) is 0 Å². The third-order valence-electron chi connectivity index (χ3n) is 2.82. The number of ether oxygens (including phenoxy) is 2. The number of piperidine rings is 1. The van der Waals surface area contributed by atoms with Crippen LogP contribution in [0, 0.1) is 5.92 Å². The van der Waals surface area contributed by atoms with Crippen LogP contribution in [0.3, 0.4) is 0 Å². The summed E-state index contributed by atoms with van der Waals surface area (Å²) in [5.74, 6) is -0.0584. The second-order valence-electron chi connectivity index (χ2n) is 5.66. The lowest BCUT2D eigenvalue weighted by Crippen LogP contribution is -2.45. The molecule has 18 heavy (non-hydrogen) atoms. The van der Waals surface area contributed by atoms with Crippen molar-refractivity contribution in [2.45, 2.75) is 39.2 Å². The third kappa shape index (κ3) is 4.64. The molecule has 0 saturated carbocycles. The molecule has 1 aliphatic heterocycles. The second-order valence-corrected chi connectivity index (χ2v) is 5.66. The Bertz CT molecular complexity index is 309. The summed E-state index contributed by atoms with van der Waals surface area (Å²) in [4.78, 5) is 25.3. The Morgan fingerprint density at radius 3 is 2.56 bits per heavy atom. The molecule has 1 saturated heterocycles. The largest absolute Gasteiger partial charge is 0.444 e. The molecule has 0 aromatic heterocycles. The van der Waals surface area contributed by atoms with E-state index in [2.05, 4.69) is 0 Å². The Labute approximate surface area is 108 Å². The van der Waals surface area contributed by atoms with Gasteiger partial charge in [-0.1, -0.05) is 0 Å².